The first-order valence-electron chi connectivity index (χ1n) is 22.2. The van der Waals surface area contributed by atoms with Gasteiger partial charge in [0.25, 0.3) is 16.3 Å². The molecule has 2 fully saturated rings. The number of sulfone groups is 2. The van der Waals surface area contributed by atoms with E-state index >= 15 is 0 Å². The zero-order chi connectivity index (χ0) is 49.8. The SMILES string of the molecule is O=C(CS(=O)(=O)c1ccc(C[C@H](CCN2CCO[C@H](CO)C2)CSc2ccccc2)c(S(=O)(=O)C(F)(F)F)c1)c1ccc(N2CCC([C@@H](O)c3ccccc3-c3ccc(Cl)cc3)CC2)cc1.O=CO. The summed E-state index contributed by atoms with van der Waals surface area (Å²) in [5.41, 5.74) is -2.32. The first-order chi connectivity index (χ1) is 32.9. The zero-order valence-electron chi connectivity index (χ0n) is 37.5. The second-order valence-corrected chi connectivity index (χ2v) is 22.3. The van der Waals surface area contributed by atoms with E-state index in [9.17, 15) is 45.0 Å². The van der Waals surface area contributed by atoms with Gasteiger partial charge in [-0.1, -0.05) is 72.3 Å². The number of nitrogens with zero attached hydrogens (tertiary/aromatic N) is 2. The highest BCUT2D eigenvalue weighted by atomic mass is 35.5. The summed E-state index contributed by atoms with van der Waals surface area (Å²) in [6.07, 6.45) is 0.684. The predicted octanol–water partition coefficient (Wildman–Crippen LogP) is 8.64. The molecule has 0 unspecified atom stereocenters. The summed E-state index contributed by atoms with van der Waals surface area (Å²) in [5, 5.41) is 28.6. The van der Waals surface area contributed by atoms with Crippen LogP contribution in [0.2, 0.25) is 5.02 Å². The summed E-state index contributed by atoms with van der Waals surface area (Å²) in [6.45, 7) is 2.81. The van der Waals surface area contributed by atoms with Crippen LogP contribution in [0.25, 0.3) is 11.1 Å². The van der Waals surface area contributed by atoms with Gasteiger partial charge in [-0.25, -0.2) is 16.8 Å². The van der Waals surface area contributed by atoms with Crippen molar-refractivity contribution < 1.29 is 59.7 Å². The summed E-state index contributed by atoms with van der Waals surface area (Å²) in [5.74, 6) is -1.82. The van der Waals surface area contributed by atoms with E-state index in [-0.39, 0.29) is 48.6 Å². The van der Waals surface area contributed by atoms with E-state index in [1.807, 2.05) is 78.9 Å². The van der Waals surface area contributed by atoms with Crippen LogP contribution in [0.1, 0.15) is 46.9 Å². The third kappa shape index (κ3) is 14.2. The molecule has 5 aromatic rings. The van der Waals surface area contributed by atoms with E-state index < -0.39 is 52.6 Å². The van der Waals surface area contributed by atoms with Crippen LogP contribution in [0.5, 0.6) is 0 Å². The van der Waals surface area contributed by atoms with Gasteiger partial charge in [-0.15, -0.1) is 11.8 Å². The van der Waals surface area contributed by atoms with E-state index in [1.54, 1.807) is 12.1 Å². The van der Waals surface area contributed by atoms with E-state index in [2.05, 4.69) is 9.80 Å². The number of thioether (sulfide) groups is 1. The summed E-state index contributed by atoms with van der Waals surface area (Å²) in [7, 11) is -10.6. The molecular formula is C50H54ClF3N2O10S3. The lowest BCUT2D eigenvalue weighted by Gasteiger charge is -2.36. The van der Waals surface area contributed by atoms with Gasteiger partial charge in [0.2, 0.25) is 0 Å². The zero-order valence-corrected chi connectivity index (χ0v) is 40.7. The van der Waals surface area contributed by atoms with Crippen LogP contribution in [0.3, 0.4) is 0 Å². The Morgan fingerprint density at radius 1 is 0.884 bits per heavy atom. The van der Waals surface area contributed by atoms with Crippen molar-refractivity contribution in [2.24, 2.45) is 11.8 Å². The monoisotopic (exact) mass is 1030 g/mol. The number of hydrogen-bond donors (Lipinski definition) is 3. The number of morpholine rings is 1. The predicted molar refractivity (Wildman–Crippen MR) is 260 cm³/mol. The molecule has 0 radical (unpaired) electrons. The molecular weight excluding hydrogens is 977 g/mol. The largest absolute Gasteiger partial charge is 0.501 e. The number of benzene rings is 5. The maximum atomic E-state index is 14.2. The number of hydrogen-bond acceptors (Lipinski definition) is 12. The number of alkyl halides is 3. The number of halogens is 4. The minimum atomic E-state index is -6.02. The molecule has 370 valence electrons. The normalized spacial score (nSPS) is 17.1. The van der Waals surface area contributed by atoms with Crippen LogP contribution in [0, 0.1) is 11.8 Å². The van der Waals surface area contributed by atoms with Crippen molar-refractivity contribution in [1.82, 2.24) is 4.90 Å². The number of aliphatic hydroxyl groups is 2. The average Bonchev–Trinajstić information content (AvgIpc) is 3.35. The molecule has 0 spiro atoms. The van der Waals surface area contributed by atoms with Crippen molar-refractivity contribution in [3.8, 4) is 11.1 Å². The molecule has 2 saturated heterocycles. The first kappa shape index (κ1) is 53.6. The Balaban J connectivity index is 0.00000254. The van der Waals surface area contributed by atoms with E-state index in [0.29, 0.717) is 75.4 Å². The molecule has 0 bridgehead atoms. The average molecular weight is 1030 g/mol. The molecule has 0 amide bonds. The number of ether oxygens (including phenoxy) is 1. The lowest BCUT2D eigenvalue weighted by atomic mass is 9.84. The molecule has 2 heterocycles. The van der Waals surface area contributed by atoms with E-state index in [1.165, 1.54) is 23.9 Å². The number of anilines is 1. The van der Waals surface area contributed by atoms with Gasteiger partial charge in [-0.05, 0) is 127 Å². The lowest BCUT2D eigenvalue weighted by molar-refractivity contribution is -0.122. The maximum absolute atomic E-state index is 14.2. The number of piperidine rings is 1. The highest BCUT2D eigenvalue weighted by Crippen LogP contribution is 2.39. The number of ketones is 1. The second kappa shape index (κ2) is 24.4. The summed E-state index contributed by atoms with van der Waals surface area (Å²) in [6, 6.07) is 33.7. The van der Waals surface area contributed by atoms with Crippen molar-refractivity contribution in [1.29, 1.82) is 0 Å². The summed E-state index contributed by atoms with van der Waals surface area (Å²) in [4.78, 5) is 25.1. The topological polar surface area (TPSA) is 179 Å². The van der Waals surface area contributed by atoms with Crippen LogP contribution in [0.15, 0.2) is 136 Å². The Kier molecular flexibility index (Phi) is 18.9. The van der Waals surface area contributed by atoms with Crippen LogP contribution >= 0.6 is 23.4 Å². The fourth-order valence-corrected chi connectivity index (χ4v) is 12.1. The molecule has 0 saturated carbocycles. The Hall–Kier alpha value is -4.79. The van der Waals surface area contributed by atoms with Gasteiger partial charge < -0.3 is 25.0 Å². The third-order valence-electron chi connectivity index (χ3n) is 12.3. The molecule has 2 aliphatic rings. The molecule has 3 N–H and O–H groups in total. The minimum Gasteiger partial charge on any atom is -0.483 e. The molecule has 2 aliphatic heterocycles. The number of aliphatic hydroxyl groups excluding tert-OH is 2. The van der Waals surface area contributed by atoms with Crippen molar-refractivity contribution in [2.75, 3.05) is 62.3 Å². The number of carbonyl (C=O) groups excluding carboxylic acids is 1. The van der Waals surface area contributed by atoms with Gasteiger partial charge >= 0.3 is 5.51 Å². The van der Waals surface area contributed by atoms with Crippen LogP contribution < -0.4 is 4.90 Å². The van der Waals surface area contributed by atoms with E-state index in [0.717, 1.165) is 39.4 Å². The number of carbonyl (C=O) groups is 2. The first-order valence-corrected chi connectivity index (χ1v) is 26.7. The molecule has 5 aromatic carbocycles. The van der Waals surface area contributed by atoms with Crippen LogP contribution in [-0.2, 0) is 35.6 Å². The molecule has 3 atom stereocenters. The van der Waals surface area contributed by atoms with E-state index in [4.69, 9.17) is 26.2 Å². The molecule has 7 rings (SSSR count). The van der Waals surface area contributed by atoms with Gasteiger partial charge in [0, 0.05) is 53.1 Å². The van der Waals surface area contributed by atoms with Crippen LogP contribution in [0.4, 0.5) is 18.9 Å². The summed E-state index contributed by atoms with van der Waals surface area (Å²) < 4.78 is 102. The molecule has 0 aromatic heterocycles. The second-order valence-electron chi connectivity index (χ2n) is 16.9. The van der Waals surface area contributed by atoms with Crippen molar-refractivity contribution in [3.05, 3.63) is 143 Å². The van der Waals surface area contributed by atoms with Crippen LogP contribution in [-0.4, -0.2) is 118 Å². The maximum Gasteiger partial charge on any atom is 0.501 e. The number of rotatable bonds is 18. The Bertz CT molecular complexity index is 2710. The molecule has 69 heavy (non-hydrogen) atoms. The highest BCUT2D eigenvalue weighted by Gasteiger charge is 2.48. The van der Waals surface area contributed by atoms with Gasteiger partial charge in [0.05, 0.1) is 35.2 Å². The fourth-order valence-electron chi connectivity index (χ4n) is 8.59. The smallest absolute Gasteiger partial charge is 0.483 e. The standard InChI is InChI=1S/C49H52ClF3N2O8S3.CH2O2/c50-39-15-10-35(11-16-39)44-8-4-5-9-45(44)48(58)37-21-24-55(25-22-37)40-17-12-36(13-18-40)46(57)33-65(59,60)43-19-14-38(47(29-43)66(61,62)49(51,52)53)28-34(32-64-42-6-2-1-3-7-42)20-23-54-26-27-63-41(30-54)31-56;2-1-3/h1-19,29,34,37,41,48,56,58H,20-28,30-33H2;1H,(H,2,3)/t34-,41-,48+;/m0./s1. The molecule has 19 heteroatoms. The van der Waals surface area contributed by atoms with Gasteiger partial charge in [0.15, 0.2) is 15.6 Å². The summed E-state index contributed by atoms with van der Waals surface area (Å²) >= 11 is 7.58. The molecule has 0 aliphatic carbocycles. The minimum absolute atomic E-state index is 0.0110. The molecule has 12 nitrogen and oxygen atoms in total. The van der Waals surface area contributed by atoms with Crippen molar-refractivity contribution in [3.63, 3.8) is 0 Å². The highest BCUT2D eigenvalue weighted by molar-refractivity contribution is 7.99. The Labute approximate surface area is 409 Å². The lowest BCUT2D eigenvalue weighted by Crippen LogP contribution is -2.44. The van der Waals surface area contributed by atoms with Crippen molar-refractivity contribution >= 4 is 61.0 Å². The van der Waals surface area contributed by atoms with Gasteiger partial charge in [-0.3, -0.25) is 14.5 Å². The quantitative estimate of drug-likeness (QED) is 0.0432. The number of carboxylic acid groups (broad SMARTS) is 1. The van der Waals surface area contributed by atoms with Gasteiger partial charge in [-0.2, -0.15) is 13.2 Å². The Morgan fingerprint density at radius 3 is 2.19 bits per heavy atom. The third-order valence-corrected chi connectivity index (χ3v) is 17.0. The number of Topliss-reactive ketones (excluding diaryl/α,β-unsaturated/α-hetero) is 1. The van der Waals surface area contributed by atoms with Gasteiger partial charge in [0.1, 0.15) is 5.75 Å². The Morgan fingerprint density at radius 2 is 1.54 bits per heavy atom. The van der Waals surface area contributed by atoms with Crippen molar-refractivity contribution in [2.45, 2.75) is 58.1 Å². The fraction of sp³-hybridized carbons (Fsp3) is 0.360.